The van der Waals surface area contributed by atoms with Crippen molar-refractivity contribution in [2.24, 2.45) is 5.92 Å². The number of hydrogen-bond acceptors (Lipinski definition) is 1. The molecule has 0 spiro atoms. The van der Waals surface area contributed by atoms with E-state index in [0.717, 1.165) is 25.7 Å². The largest absolute Gasteiger partial charge is 0.333 e. The lowest BCUT2D eigenvalue weighted by molar-refractivity contribution is -0.124. The molecule has 2 heteroatoms. The molecule has 0 aliphatic heterocycles. The Balaban J connectivity index is 3.78. The minimum atomic E-state index is 0.112. The highest BCUT2D eigenvalue weighted by molar-refractivity contribution is 5.79. The monoisotopic (exact) mass is 169 g/mol. The van der Waals surface area contributed by atoms with E-state index in [2.05, 4.69) is 18.8 Å². The van der Waals surface area contributed by atoms with Crippen LogP contribution in [0.5, 0.6) is 0 Å². The third-order valence-electron chi connectivity index (χ3n) is 2.01. The average molecular weight is 169 g/mol. The number of unbranched alkanes of at least 4 members (excludes halogenated alkanes) is 1. The molecule has 0 aromatic carbocycles. The van der Waals surface area contributed by atoms with Gasteiger partial charge < -0.3 is 5.32 Å². The van der Waals surface area contributed by atoms with Crippen molar-refractivity contribution in [3.8, 4) is 0 Å². The molecule has 1 unspecified atom stereocenters. The van der Waals surface area contributed by atoms with Crippen molar-refractivity contribution in [2.75, 3.05) is 0 Å². The topological polar surface area (TPSA) is 29.1 Å². The standard InChI is InChI=1S/C10H19NO/c1-4-7-8-9(5-2)10(12)11-6-3/h6,9H,3-5,7-8H2,1-2H3,(H,11,12). The van der Waals surface area contributed by atoms with Gasteiger partial charge >= 0.3 is 0 Å². The fraction of sp³-hybridized carbons (Fsp3) is 0.700. The molecule has 0 aromatic rings. The van der Waals surface area contributed by atoms with Crippen LogP contribution in [-0.4, -0.2) is 5.91 Å². The summed E-state index contributed by atoms with van der Waals surface area (Å²) in [5, 5.41) is 2.63. The van der Waals surface area contributed by atoms with Crippen molar-refractivity contribution >= 4 is 5.91 Å². The minimum absolute atomic E-state index is 0.112. The van der Waals surface area contributed by atoms with E-state index in [1.54, 1.807) is 0 Å². The normalized spacial score (nSPS) is 12.2. The molecular formula is C10H19NO. The summed E-state index contributed by atoms with van der Waals surface area (Å²) < 4.78 is 0. The van der Waals surface area contributed by atoms with Crippen LogP contribution < -0.4 is 5.32 Å². The summed E-state index contributed by atoms with van der Waals surface area (Å²) >= 11 is 0. The molecule has 0 heterocycles. The second-order valence-electron chi connectivity index (χ2n) is 2.96. The lowest BCUT2D eigenvalue weighted by Crippen LogP contribution is -2.25. The molecule has 0 rings (SSSR count). The molecule has 0 saturated heterocycles. The molecule has 2 nitrogen and oxygen atoms in total. The third kappa shape index (κ3) is 4.16. The fourth-order valence-electron chi connectivity index (χ4n) is 1.19. The molecule has 0 bridgehead atoms. The molecule has 0 aliphatic rings. The average Bonchev–Trinajstić information content (AvgIpc) is 2.06. The van der Waals surface area contributed by atoms with E-state index >= 15 is 0 Å². The summed E-state index contributed by atoms with van der Waals surface area (Å²) in [6.45, 7) is 7.65. The van der Waals surface area contributed by atoms with Gasteiger partial charge in [0.25, 0.3) is 0 Å². The van der Waals surface area contributed by atoms with Gasteiger partial charge in [-0.25, -0.2) is 0 Å². The predicted molar refractivity (Wildman–Crippen MR) is 51.6 cm³/mol. The number of carbonyl (C=O) groups excluding carboxylic acids is 1. The highest BCUT2D eigenvalue weighted by atomic mass is 16.1. The molecule has 0 radical (unpaired) electrons. The first-order chi connectivity index (χ1) is 5.76. The van der Waals surface area contributed by atoms with E-state index in [1.165, 1.54) is 6.20 Å². The van der Waals surface area contributed by atoms with Gasteiger partial charge in [0.05, 0.1) is 0 Å². The lowest BCUT2D eigenvalue weighted by Gasteiger charge is -2.11. The maximum absolute atomic E-state index is 11.3. The molecule has 0 aliphatic carbocycles. The molecule has 70 valence electrons. The Morgan fingerprint density at radius 1 is 1.58 bits per heavy atom. The van der Waals surface area contributed by atoms with E-state index in [-0.39, 0.29) is 11.8 Å². The first kappa shape index (κ1) is 11.2. The SMILES string of the molecule is C=CNC(=O)C(CC)CCCC. The number of hydrogen-bond donors (Lipinski definition) is 1. The Morgan fingerprint density at radius 2 is 2.25 bits per heavy atom. The number of rotatable bonds is 6. The molecular weight excluding hydrogens is 150 g/mol. The predicted octanol–water partition coefficient (Wildman–Crippen LogP) is 2.46. The molecule has 1 atom stereocenters. The van der Waals surface area contributed by atoms with Crippen LogP contribution in [0.4, 0.5) is 0 Å². The van der Waals surface area contributed by atoms with Gasteiger partial charge in [0.1, 0.15) is 0 Å². The van der Waals surface area contributed by atoms with Gasteiger partial charge in [-0.15, -0.1) is 0 Å². The Hall–Kier alpha value is -0.790. The van der Waals surface area contributed by atoms with E-state index in [4.69, 9.17) is 0 Å². The van der Waals surface area contributed by atoms with Gasteiger partial charge in [-0.3, -0.25) is 4.79 Å². The molecule has 0 aromatic heterocycles. The Morgan fingerprint density at radius 3 is 2.67 bits per heavy atom. The highest BCUT2D eigenvalue weighted by Crippen LogP contribution is 2.12. The van der Waals surface area contributed by atoms with E-state index in [9.17, 15) is 4.79 Å². The van der Waals surface area contributed by atoms with Crippen molar-refractivity contribution < 1.29 is 4.79 Å². The van der Waals surface area contributed by atoms with Crippen LogP contribution in [0.25, 0.3) is 0 Å². The van der Waals surface area contributed by atoms with E-state index in [0.29, 0.717) is 0 Å². The zero-order chi connectivity index (χ0) is 9.40. The zero-order valence-corrected chi connectivity index (χ0v) is 8.10. The van der Waals surface area contributed by atoms with Crippen molar-refractivity contribution in [3.63, 3.8) is 0 Å². The minimum Gasteiger partial charge on any atom is -0.333 e. The molecule has 1 N–H and O–H groups in total. The van der Waals surface area contributed by atoms with Crippen molar-refractivity contribution in [1.29, 1.82) is 0 Å². The summed E-state index contributed by atoms with van der Waals surface area (Å²) in [5.74, 6) is 0.281. The van der Waals surface area contributed by atoms with Gasteiger partial charge in [0.15, 0.2) is 0 Å². The fourth-order valence-corrected chi connectivity index (χ4v) is 1.19. The van der Waals surface area contributed by atoms with Crippen LogP contribution in [0.2, 0.25) is 0 Å². The lowest BCUT2D eigenvalue weighted by atomic mass is 9.99. The van der Waals surface area contributed by atoms with Gasteiger partial charge in [0.2, 0.25) is 5.91 Å². The number of amides is 1. The van der Waals surface area contributed by atoms with Crippen LogP contribution in [0, 0.1) is 5.92 Å². The molecule has 12 heavy (non-hydrogen) atoms. The van der Waals surface area contributed by atoms with Crippen LogP contribution in [0.3, 0.4) is 0 Å². The second-order valence-corrected chi connectivity index (χ2v) is 2.96. The summed E-state index contributed by atoms with van der Waals surface area (Å²) in [6.07, 6.45) is 5.64. The molecule has 1 amide bonds. The van der Waals surface area contributed by atoms with Crippen molar-refractivity contribution in [3.05, 3.63) is 12.8 Å². The van der Waals surface area contributed by atoms with Gasteiger partial charge in [-0.2, -0.15) is 0 Å². The summed E-state index contributed by atoms with van der Waals surface area (Å²) in [5.41, 5.74) is 0. The maximum atomic E-state index is 11.3. The van der Waals surface area contributed by atoms with Crippen LogP contribution in [-0.2, 0) is 4.79 Å². The van der Waals surface area contributed by atoms with Crippen LogP contribution >= 0.6 is 0 Å². The highest BCUT2D eigenvalue weighted by Gasteiger charge is 2.13. The zero-order valence-electron chi connectivity index (χ0n) is 8.10. The van der Waals surface area contributed by atoms with Gasteiger partial charge in [0, 0.05) is 5.92 Å². The smallest absolute Gasteiger partial charge is 0.226 e. The Kier molecular flexibility index (Phi) is 6.44. The third-order valence-corrected chi connectivity index (χ3v) is 2.01. The molecule has 0 fully saturated rings. The summed E-state index contributed by atoms with van der Waals surface area (Å²) in [7, 11) is 0. The van der Waals surface area contributed by atoms with Crippen LogP contribution in [0.15, 0.2) is 12.8 Å². The van der Waals surface area contributed by atoms with Crippen molar-refractivity contribution in [2.45, 2.75) is 39.5 Å². The van der Waals surface area contributed by atoms with Gasteiger partial charge in [-0.05, 0) is 19.0 Å². The second kappa shape index (κ2) is 6.89. The Labute approximate surface area is 75.0 Å². The van der Waals surface area contributed by atoms with Crippen molar-refractivity contribution in [1.82, 2.24) is 5.32 Å². The quantitative estimate of drug-likeness (QED) is 0.650. The van der Waals surface area contributed by atoms with E-state index in [1.807, 2.05) is 6.92 Å². The van der Waals surface area contributed by atoms with Gasteiger partial charge in [-0.1, -0.05) is 33.3 Å². The van der Waals surface area contributed by atoms with E-state index < -0.39 is 0 Å². The summed E-state index contributed by atoms with van der Waals surface area (Å²) in [6, 6.07) is 0. The number of carbonyl (C=O) groups is 1. The maximum Gasteiger partial charge on any atom is 0.226 e. The number of nitrogens with one attached hydrogen (secondary N) is 1. The Bertz CT molecular complexity index is 143. The first-order valence-electron chi connectivity index (χ1n) is 4.67. The molecule has 0 saturated carbocycles. The first-order valence-corrected chi connectivity index (χ1v) is 4.67. The van der Waals surface area contributed by atoms with Crippen LogP contribution in [0.1, 0.15) is 39.5 Å². The summed E-state index contributed by atoms with van der Waals surface area (Å²) in [4.78, 5) is 11.3.